The van der Waals surface area contributed by atoms with Crippen LogP contribution in [0.5, 0.6) is 0 Å². The maximum absolute atomic E-state index is 9.05. The first-order chi connectivity index (χ1) is 11.6. The average molecular weight is 330 g/mol. The third-order valence-electron chi connectivity index (χ3n) is 5.93. The second-order valence-corrected chi connectivity index (χ2v) is 8.07. The number of unbranched alkanes of at least 4 members (excludes halogenated alkanes) is 5. The highest BCUT2D eigenvalue weighted by atomic mass is 14.4. The molecule has 136 valence electrons. The van der Waals surface area contributed by atoms with E-state index in [0.717, 1.165) is 24.7 Å². The minimum absolute atomic E-state index is 0.144. The van der Waals surface area contributed by atoms with E-state index < -0.39 is 0 Å². The zero-order chi connectivity index (χ0) is 17.8. The second kappa shape index (κ2) is 12.3. The zero-order valence-electron chi connectivity index (χ0n) is 16.2. The number of rotatable bonds is 13. The first kappa shape index (κ1) is 21.0. The maximum Gasteiger partial charge on any atom is 0.0700 e. The molecule has 4 unspecified atom stereocenters. The summed E-state index contributed by atoms with van der Waals surface area (Å²) in [6.45, 7) is 12.6. The summed E-state index contributed by atoms with van der Waals surface area (Å²) in [5, 5.41) is 9.05. The molecule has 0 aromatic heterocycles. The molecule has 0 aromatic rings. The van der Waals surface area contributed by atoms with Crippen LogP contribution in [0.25, 0.3) is 0 Å². The Morgan fingerprint density at radius 2 is 1.88 bits per heavy atom. The Morgan fingerprint density at radius 3 is 2.46 bits per heavy atom. The Bertz CT molecular complexity index is 403. The third kappa shape index (κ3) is 8.18. The largest absolute Gasteiger partial charge is 0.198 e. The van der Waals surface area contributed by atoms with Crippen LogP contribution < -0.4 is 0 Å². The Kier molecular flexibility index (Phi) is 10.8. The predicted molar refractivity (Wildman–Crippen MR) is 106 cm³/mol. The molecule has 1 heteroatoms. The van der Waals surface area contributed by atoms with Crippen molar-refractivity contribution in [2.24, 2.45) is 23.7 Å². The molecule has 1 nitrogen and oxygen atoms in total. The normalized spacial score (nSPS) is 23.0. The van der Waals surface area contributed by atoms with Crippen molar-refractivity contribution in [1.29, 1.82) is 5.26 Å². The van der Waals surface area contributed by atoms with Crippen molar-refractivity contribution in [2.75, 3.05) is 0 Å². The molecule has 0 aromatic carbocycles. The lowest BCUT2D eigenvalue weighted by atomic mass is 9.89. The van der Waals surface area contributed by atoms with Crippen LogP contribution in [0, 0.1) is 35.0 Å². The van der Waals surface area contributed by atoms with Crippen LogP contribution in [0.4, 0.5) is 0 Å². The summed E-state index contributed by atoms with van der Waals surface area (Å²) < 4.78 is 0. The van der Waals surface area contributed by atoms with E-state index >= 15 is 0 Å². The van der Waals surface area contributed by atoms with Crippen LogP contribution in [-0.4, -0.2) is 0 Å². The van der Waals surface area contributed by atoms with E-state index in [4.69, 9.17) is 5.26 Å². The maximum atomic E-state index is 9.05. The van der Waals surface area contributed by atoms with Crippen LogP contribution in [0.3, 0.4) is 0 Å². The molecule has 1 saturated carbocycles. The molecular formula is C23H39N. The molecule has 0 saturated heterocycles. The average Bonchev–Trinajstić information content (AvgIpc) is 2.95. The molecule has 0 radical (unpaired) electrons. The van der Waals surface area contributed by atoms with Crippen LogP contribution in [-0.2, 0) is 0 Å². The van der Waals surface area contributed by atoms with Crippen molar-refractivity contribution < 1.29 is 0 Å². The van der Waals surface area contributed by atoms with Gasteiger partial charge >= 0.3 is 0 Å². The lowest BCUT2D eigenvalue weighted by molar-refractivity contribution is 0.376. The molecule has 0 bridgehead atoms. The van der Waals surface area contributed by atoms with E-state index in [0.29, 0.717) is 5.92 Å². The Morgan fingerprint density at radius 1 is 1.21 bits per heavy atom. The number of hydrogen-bond donors (Lipinski definition) is 0. The molecule has 0 amide bonds. The molecule has 24 heavy (non-hydrogen) atoms. The minimum atomic E-state index is 0.144. The highest BCUT2D eigenvalue weighted by Crippen LogP contribution is 2.37. The van der Waals surface area contributed by atoms with E-state index in [9.17, 15) is 0 Å². The van der Waals surface area contributed by atoms with Gasteiger partial charge in [0.25, 0.3) is 0 Å². The topological polar surface area (TPSA) is 23.8 Å². The van der Waals surface area contributed by atoms with Gasteiger partial charge in [0.1, 0.15) is 0 Å². The van der Waals surface area contributed by atoms with E-state index in [-0.39, 0.29) is 5.92 Å². The van der Waals surface area contributed by atoms with Gasteiger partial charge in [-0.25, -0.2) is 0 Å². The predicted octanol–water partition coefficient (Wildman–Crippen LogP) is 7.45. The quantitative estimate of drug-likeness (QED) is 0.254. The van der Waals surface area contributed by atoms with Crippen molar-refractivity contribution in [2.45, 2.75) is 90.9 Å². The fourth-order valence-corrected chi connectivity index (χ4v) is 4.14. The van der Waals surface area contributed by atoms with Gasteiger partial charge < -0.3 is 0 Å². The van der Waals surface area contributed by atoms with Gasteiger partial charge in [-0.1, -0.05) is 89.9 Å². The van der Waals surface area contributed by atoms with E-state index in [2.05, 4.69) is 39.2 Å². The van der Waals surface area contributed by atoms with Gasteiger partial charge in [-0.3, -0.25) is 0 Å². The van der Waals surface area contributed by atoms with E-state index in [1.807, 2.05) is 0 Å². The summed E-state index contributed by atoms with van der Waals surface area (Å²) in [7, 11) is 0. The highest BCUT2D eigenvalue weighted by Gasteiger charge is 2.27. The Labute approximate surface area is 151 Å². The standard InChI is InChI=1S/C23H39N/c1-5-19(3)15-21(6-2)13-11-9-7-8-10-12-14-22-16-20(4)23(17-22)18-24/h5,19,21-23H,1,4,6-17H2,2-3H3. The van der Waals surface area contributed by atoms with Gasteiger partial charge in [0, 0.05) is 0 Å². The SMILES string of the molecule is C=CC(C)CC(CC)CCCCCCCCC1CC(=C)C(C#N)C1. The van der Waals surface area contributed by atoms with Crippen molar-refractivity contribution in [3.63, 3.8) is 0 Å². The molecule has 1 aliphatic rings. The van der Waals surface area contributed by atoms with E-state index in [1.54, 1.807) is 0 Å². The summed E-state index contributed by atoms with van der Waals surface area (Å²) >= 11 is 0. The van der Waals surface area contributed by atoms with Gasteiger partial charge in [-0.05, 0) is 37.0 Å². The summed E-state index contributed by atoms with van der Waals surface area (Å²) in [5.41, 5.74) is 1.18. The zero-order valence-corrected chi connectivity index (χ0v) is 16.2. The monoisotopic (exact) mass is 329 g/mol. The fourth-order valence-electron chi connectivity index (χ4n) is 4.14. The van der Waals surface area contributed by atoms with Gasteiger partial charge in [0.15, 0.2) is 0 Å². The number of allylic oxidation sites excluding steroid dienone is 2. The Balaban J connectivity index is 1.96. The molecule has 0 aliphatic heterocycles. The molecule has 1 rings (SSSR count). The molecule has 4 atom stereocenters. The van der Waals surface area contributed by atoms with Crippen LogP contribution in [0.15, 0.2) is 24.8 Å². The summed E-state index contributed by atoms with van der Waals surface area (Å²) in [5.74, 6) is 2.44. The summed E-state index contributed by atoms with van der Waals surface area (Å²) in [4.78, 5) is 0. The van der Waals surface area contributed by atoms with Crippen molar-refractivity contribution in [1.82, 2.24) is 0 Å². The lowest BCUT2D eigenvalue weighted by Gasteiger charge is -2.17. The summed E-state index contributed by atoms with van der Waals surface area (Å²) in [6, 6.07) is 2.39. The molecule has 0 N–H and O–H groups in total. The first-order valence-electron chi connectivity index (χ1n) is 10.3. The summed E-state index contributed by atoms with van der Waals surface area (Å²) in [6.07, 6.45) is 17.9. The van der Waals surface area contributed by atoms with Crippen molar-refractivity contribution in [3.8, 4) is 6.07 Å². The second-order valence-electron chi connectivity index (χ2n) is 8.07. The molecule has 1 aliphatic carbocycles. The van der Waals surface area contributed by atoms with Gasteiger partial charge in [0.2, 0.25) is 0 Å². The van der Waals surface area contributed by atoms with Crippen LogP contribution in [0.1, 0.15) is 90.9 Å². The van der Waals surface area contributed by atoms with E-state index in [1.165, 1.54) is 69.8 Å². The third-order valence-corrected chi connectivity index (χ3v) is 5.93. The highest BCUT2D eigenvalue weighted by molar-refractivity contribution is 5.16. The molecule has 0 heterocycles. The number of nitriles is 1. The molecular weight excluding hydrogens is 290 g/mol. The number of nitrogens with zero attached hydrogens (tertiary/aromatic N) is 1. The van der Waals surface area contributed by atoms with Crippen molar-refractivity contribution >= 4 is 0 Å². The van der Waals surface area contributed by atoms with Gasteiger partial charge in [-0.2, -0.15) is 5.26 Å². The number of hydrogen-bond acceptors (Lipinski definition) is 1. The lowest BCUT2D eigenvalue weighted by Crippen LogP contribution is -2.04. The van der Waals surface area contributed by atoms with Gasteiger partial charge in [-0.15, -0.1) is 6.58 Å². The Hall–Kier alpha value is -1.03. The first-order valence-corrected chi connectivity index (χ1v) is 10.3. The minimum Gasteiger partial charge on any atom is -0.198 e. The van der Waals surface area contributed by atoms with Crippen molar-refractivity contribution in [3.05, 3.63) is 24.8 Å². The van der Waals surface area contributed by atoms with Crippen LogP contribution >= 0.6 is 0 Å². The van der Waals surface area contributed by atoms with Crippen LogP contribution in [0.2, 0.25) is 0 Å². The molecule has 0 spiro atoms. The van der Waals surface area contributed by atoms with Gasteiger partial charge in [0.05, 0.1) is 12.0 Å². The fraction of sp³-hybridized carbons (Fsp3) is 0.783. The molecule has 1 fully saturated rings. The smallest absolute Gasteiger partial charge is 0.0700 e.